The molecule has 1 rings (SSSR count). The summed E-state index contributed by atoms with van der Waals surface area (Å²) < 4.78 is 5.22. The largest absolute Gasteiger partial charge is 0.380 e. The minimum absolute atomic E-state index is 0.179. The van der Waals surface area contributed by atoms with Gasteiger partial charge in [0.1, 0.15) is 0 Å². The standard InChI is InChI=1S/C10H22N2OS/c1-9(13-2)7-12-10(8-11)3-5-14-6-4-10/h9,12H,3-8,11H2,1-2H3. The van der Waals surface area contributed by atoms with Crippen molar-refractivity contribution in [1.82, 2.24) is 5.32 Å². The average molecular weight is 218 g/mol. The molecule has 84 valence electrons. The van der Waals surface area contributed by atoms with Crippen molar-refractivity contribution in [2.75, 3.05) is 31.7 Å². The second-order valence-corrected chi connectivity index (χ2v) is 5.25. The third-order valence-electron chi connectivity index (χ3n) is 3.01. The molecule has 3 N–H and O–H groups in total. The first kappa shape index (κ1) is 12.3. The zero-order valence-corrected chi connectivity index (χ0v) is 10.0. The van der Waals surface area contributed by atoms with Crippen LogP contribution < -0.4 is 11.1 Å². The van der Waals surface area contributed by atoms with Gasteiger partial charge in [-0.1, -0.05) is 0 Å². The Morgan fingerprint density at radius 1 is 1.50 bits per heavy atom. The summed E-state index contributed by atoms with van der Waals surface area (Å²) in [6.07, 6.45) is 2.64. The molecule has 1 aliphatic heterocycles. The predicted octanol–water partition coefficient (Wildman–Crippen LogP) is 0.835. The first-order chi connectivity index (χ1) is 6.72. The molecule has 1 fully saturated rings. The van der Waals surface area contributed by atoms with Gasteiger partial charge in [0.05, 0.1) is 6.10 Å². The van der Waals surface area contributed by atoms with Gasteiger partial charge in [-0.05, 0) is 31.3 Å². The molecule has 14 heavy (non-hydrogen) atoms. The molecule has 1 aliphatic rings. The van der Waals surface area contributed by atoms with Crippen LogP contribution in [0, 0.1) is 0 Å². The van der Waals surface area contributed by atoms with E-state index in [0.717, 1.165) is 13.1 Å². The first-order valence-electron chi connectivity index (χ1n) is 5.28. The van der Waals surface area contributed by atoms with E-state index in [0.29, 0.717) is 0 Å². The highest BCUT2D eigenvalue weighted by Gasteiger charge is 2.30. The van der Waals surface area contributed by atoms with Crippen LogP contribution in [-0.4, -0.2) is 43.3 Å². The van der Waals surface area contributed by atoms with Crippen LogP contribution in [0.2, 0.25) is 0 Å². The van der Waals surface area contributed by atoms with Crippen molar-refractivity contribution in [3.05, 3.63) is 0 Å². The molecular formula is C10H22N2OS. The molecule has 0 spiro atoms. The number of rotatable bonds is 5. The lowest BCUT2D eigenvalue weighted by atomic mass is 9.92. The minimum Gasteiger partial charge on any atom is -0.380 e. The van der Waals surface area contributed by atoms with Gasteiger partial charge in [-0.2, -0.15) is 11.8 Å². The van der Waals surface area contributed by atoms with Crippen LogP contribution in [0.5, 0.6) is 0 Å². The Morgan fingerprint density at radius 2 is 2.14 bits per heavy atom. The summed E-state index contributed by atoms with van der Waals surface area (Å²) in [5.41, 5.74) is 6.03. The molecule has 0 aromatic carbocycles. The molecule has 0 aromatic heterocycles. The van der Waals surface area contributed by atoms with E-state index in [1.807, 2.05) is 11.8 Å². The molecule has 0 aromatic rings. The minimum atomic E-state index is 0.179. The van der Waals surface area contributed by atoms with Crippen LogP contribution in [0.1, 0.15) is 19.8 Å². The molecule has 0 amide bonds. The number of nitrogens with one attached hydrogen (secondary N) is 1. The van der Waals surface area contributed by atoms with Crippen molar-refractivity contribution >= 4 is 11.8 Å². The maximum atomic E-state index is 5.85. The second-order valence-electron chi connectivity index (χ2n) is 4.02. The van der Waals surface area contributed by atoms with E-state index in [2.05, 4.69) is 12.2 Å². The number of hydrogen-bond donors (Lipinski definition) is 2. The summed E-state index contributed by atoms with van der Waals surface area (Å²) in [5, 5.41) is 3.57. The van der Waals surface area contributed by atoms with E-state index in [4.69, 9.17) is 10.5 Å². The summed E-state index contributed by atoms with van der Waals surface area (Å²) in [4.78, 5) is 0. The third-order valence-corrected chi connectivity index (χ3v) is 3.99. The monoisotopic (exact) mass is 218 g/mol. The molecule has 0 saturated carbocycles. The summed E-state index contributed by atoms with van der Waals surface area (Å²) in [6.45, 7) is 3.72. The van der Waals surface area contributed by atoms with Crippen LogP contribution >= 0.6 is 11.8 Å². The molecule has 1 atom stereocenters. The van der Waals surface area contributed by atoms with Gasteiger partial charge in [0.2, 0.25) is 0 Å². The van der Waals surface area contributed by atoms with E-state index >= 15 is 0 Å². The van der Waals surface area contributed by atoms with Gasteiger partial charge in [-0.3, -0.25) is 0 Å². The Bertz CT molecular complexity index is 160. The molecule has 0 radical (unpaired) electrons. The Morgan fingerprint density at radius 3 is 2.64 bits per heavy atom. The summed E-state index contributed by atoms with van der Waals surface area (Å²) in [7, 11) is 1.75. The normalized spacial score (nSPS) is 23.4. The van der Waals surface area contributed by atoms with Crippen LogP contribution in [0.25, 0.3) is 0 Å². The van der Waals surface area contributed by atoms with Crippen molar-refractivity contribution in [2.45, 2.75) is 31.4 Å². The molecule has 1 saturated heterocycles. The fraction of sp³-hybridized carbons (Fsp3) is 1.00. The van der Waals surface area contributed by atoms with E-state index in [9.17, 15) is 0 Å². The predicted molar refractivity (Wildman–Crippen MR) is 62.8 cm³/mol. The van der Waals surface area contributed by atoms with E-state index < -0.39 is 0 Å². The topological polar surface area (TPSA) is 47.3 Å². The smallest absolute Gasteiger partial charge is 0.0667 e. The number of ether oxygens (including phenoxy) is 1. The highest BCUT2D eigenvalue weighted by atomic mass is 32.2. The van der Waals surface area contributed by atoms with E-state index in [1.54, 1.807) is 7.11 Å². The van der Waals surface area contributed by atoms with Crippen molar-refractivity contribution in [3.8, 4) is 0 Å². The molecule has 3 nitrogen and oxygen atoms in total. The maximum Gasteiger partial charge on any atom is 0.0667 e. The zero-order chi connectivity index (χ0) is 10.4. The lowest BCUT2D eigenvalue weighted by Crippen LogP contribution is -2.55. The maximum absolute atomic E-state index is 5.85. The van der Waals surface area contributed by atoms with Crippen molar-refractivity contribution in [3.63, 3.8) is 0 Å². The van der Waals surface area contributed by atoms with Crippen LogP contribution in [-0.2, 0) is 4.74 Å². The van der Waals surface area contributed by atoms with Gasteiger partial charge in [0.15, 0.2) is 0 Å². The molecule has 1 unspecified atom stereocenters. The highest BCUT2D eigenvalue weighted by Crippen LogP contribution is 2.26. The summed E-state index contributed by atoms with van der Waals surface area (Å²) in [5.74, 6) is 2.46. The van der Waals surface area contributed by atoms with Gasteiger partial charge >= 0.3 is 0 Å². The van der Waals surface area contributed by atoms with Crippen molar-refractivity contribution < 1.29 is 4.74 Å². The number of hydrogen-bond acceptors (Lipinski definition) is 4. The van der Waals surface area contributed by atoms with E-state index in [-0.39, 0.29) is 11.6 Å². The quantitative estimate of drug-likeness (QED) is 0.718. The average Bonchev–Trinajstić information content (AvgIpc) is 2.27. The highest BCUT2D eigenvalue weighted by molar-refractivity contribution is 7.99. The summed E-state index contributed by atoms with van der Waals surface area (Å²) >= 11 is 2.03. The zero-order valence-electron chi connectivity index (χ0n) is 9.21. The Kier molecular flexibility index (Phi) is 5.23. The second kappa shape index (κ2) is 5.95. The first-order valence-corrected chi connectivity index (χ1v) is 6.43. The third kappa shape index (κ3) is 3.42. The van der Waals surface area contributed by atoms with Gasteiger partial charge in [0.25, 0.3) is 0 Å². The van der Waals surface area contributed by atoms with Crippen LogP contribution in [0.4, 0.5) is 0 Å². The molecule has 1 heterocycles. The SMILES string of the molecule is COC(C)CNC1(CN)CCSCC1. The molecule has 0 aliphatic carbocycles. The number of nitrogens with two attached hydrogens (primary N) is 1. The lowest BCUT2D eigenvalue weighted by molar-refractivity contribution is 0.105. The fourth-order valence-electron chi connectivity index (χ4n) is 1.66. The fourth-order valence-corrected chi connectivity index (χ4v) is 2.93. The molecule has 0 bridgehead atoms. The number of methoxy groups -OCH3 is 1. The Labute approximate surface area is 91.1 Å². The molecule has 4 heteroatoms. The van der Waals surface area contributed by atoms with Crippen LogP contribution in [0.3, 0.4) is 0 Å². The van der Waals surface area contributed by atoms with E-state index in [1.165, 1.54) is 24.3 Å². The summed E-state index contributed by atoms with van der Waals surface area (Å²) in [6, 6.07) is 0. The number of thioether (sulfide) groups is 1. The van der Waals surface area contributed by atoms with Crippen molar-refractivity contribution in [1.29, 1.82) is 0 Å². The Balaban J connectivity index is 2.36. The lowest BCUT2D eigenvalue weighted by Gasteiger charge is -2.37. The molecular weight excluding hydrogens is 196 g/mol. The van der Waals surface area contributed by atoms with Gasteiger partial charge < -0.3 is 15.8 Å². The Hall–Kier alpha value is 0.230. The van der Waals surface area contributed by atoms with Gasteiger partial charge in [-0.15, -0.1) is 0 Å². The van der Waals surface area contributed by atoms with Crippen LogP contribution in [0.15, 0.2) is 0 Å². The van der Waals surface area contributed by atoms with Gasteiger partial charge in [-0.25, -0.2) is 0 Å². The van der Waals surface area contributed by atoms with Gasteiger partial charge in [0, 0.05) is 25.7 Å². The van der Waals surface area contributed by atoms with Crippen molar-refractivity contribution in [2.24, 2.45) is 5.73 Å².